The van der Waals surface area contributed by atoms with Gasteiger partial charge < -0.3 is 9.84 Å². The van der Waals surface area contributed by atoms with Gasteiger partial charge in [-0.05, 0) is 67.1 Å². The van der Waals surface area contributed by atoms with Crippen molar-refractivity contribution in [1.29, 1.82) is 0 Å². The zero-order valence-electron chi connectivity index (χ0n) is 13.0. The van der Waals surface area contributed by atoms with Crippen molar-refractivity contribution in [2.24, 2.45) is 28.6 Å². The lowest BCUT2D eigenvalue weighted by atomic mass is 9.61. The highest BCUT2D eigenvalue weighted by molar-refractivity contribution is 5.11. The largest absolute Gasteiger partial charge is 0.390 e. The SMILES string of the molecule is COC1CCC([C@@H]2C[C@H]3CC[C@]2(C)C3(C)C)CC1O. The molecular formula is C17H30O2. The molecule has 0 heterocycles. The van der Waals surface area contributed by atoms with Gasteiger partial charge in [-0.3, -0.25) is 0 Å². The van der Waals surface area contributed by atoms with Crippen molar-refractivity contribution < 1.29 is 9.84 Å². The average molecular weight is 266 g/mol. The summed E-state index contributed by atoms with van der Waals surface area (Å²) in [5.74, 6) is 2.46. The van der Waals surface area contributed by atoms with E-state index in [0.29, 0.717) is 10.8 Å². The second kappa shape index (κ2) is 4.46. The highest BCUT2D eigenvalue weighted by Crippen LogP contribution is 2.70. The van der Waals surface area contributed by atoms with E-state index in [4.69, 9.17) is 4.74 Å². The zero-order valence-corrected chi connectivity index (χ0v) is 13.0. The van der Waals surface area contributed by atoms with Crippen molar-refractivity contribution in [3.63, 3.8) is 0 Å². The fraction of sp³-hybridized carbons (Fsp3) is 1.00. The second-order valence-corrected chi connectivity index (χ2v) is 8.13. The molecule has 0 aromatic heterocycles. The van der Waals surface area contributed by atoms with E-state index in [1.807, 2.05) is 0 Å². The minimum absolute atomic E-state index is 0.0793. The highest BCUT2D eigenvalue weighted by atomic mass is 16.5. The van der Waals surface area contributed by atoms with E-state index < -0.39 is 0 Å². The van der Waals surface area contributed by atoms with Gasteiger partial charge in [-0.25, -0.2) is 0 Å². The first-order valence-corrected chi connectivity index (χ1v) is 8.11. The van der Waals surface area contributed by atoms with E-state index in [-0.39, 0.29) is 12.2 Å². The molecule has 0 aromatic carbocycles. The number of hydrogen-bond donors (Lipinski definition) is 1. The lowest BCUT2D eigenvalue weighted by Gasteiger charge is -2.45. The van der Waals surface area contributed by atoms with Crippen LogP contribution in [0.15, 0.2) is 0 Å². The summed E-state index contributed by atoms with van der Waals surface area (Å²) in [5.41, 5.74) is 1.00. The molecule has 3 saturated carbocycles. The van der Waals surface area contributed by atoms with Crippen molar-refractivity contribution in [3.8, 4) is 0 Å². The molecule has 3 aliphatic rings. The van der Waals surface area contributed by atoms with Crippen molar-refractivity contribution in [2.45, 2.75) is 71.5 Å². The van der Waals surface area contributed by atoms with Gasteiger partial charge in [0.1, 0.15) is 0 Å². The van der Waals surface area contributed by atoms with Crippen LogP contribution in [0.1, 0.15) is 59.3 Å². The molecule has 0 amide bonds. The molecule has 0 saturated heterocycles. The molecule has 0 aromatic rings. The predicted octanol–water partition coefficient (Wildman–Crippen LogP) is 3.62. The Morgan fingerprint density at radius 2 is 1.79 bits per heavy atom. The summed E-state index contributed by atoms with van der Waals surface area (Å²) < 4.78 is 5.39. The van der Waals surface area contributed by atoms with E-state index in [9.17, 15) is 5.11 Å². The van der Waals surface area contributed by atoms with Gasteiger partial charge in [0, 0.05) is 7.11 Å². The van der Waals surface area contributed by atoms with Crippen molar-refractivity contribution in [3.05, 3.63) is 0 Å². The van der Waals surface area contributed by atoms with Gasteiger partial charge in [0.25, 0.3) is 0 Å². The van der Waals surface area contributed by atoms with Crippen LogP contribution in [0.5, 0.6) is 0 Å². The molecule has 3 rings (SSSR count). The molecule has 3 fully saturated rings. The Morgan fingerprint density at radius 1 is 1.05 bits per heavy atom. The first kappa shape index (κ1) is 13.9. The van der Waals surface area contributed by atoms with Crippen LogP contribution in [-0.2, 0) is 4.74 Å². The fourth-order valence-corrected chi connectivity index (χ4v) is 5.77. The smallest absolute Gasteiger partial charge is 0.0830 e. The van der Waals surface area contributed by atoms with Gasteiger partial charge in [-0.15, -0.1) is 0 Å². The van der Waals surface area contributed by atoms with E-state index in [2.05, 4.69) is 20.8 Å². The van der Waals surface area contributed by atoms with E-state index >= 15 is 0 Å². The van der Waals surface area contributed by atoms with Gasteiger partial charge in [0.15, 0.2) is 0 Å². The summed E-state index contributed by atoms with van der Waals surface area (Å²) in [6.07, 6.45) is 7.31. The predicted molar refractivity (Wildman–Crippen MR) is 76.9 cm³/mol. The lowest BCUT2D eigenvalue weighted by molar-refractivity contribution is -0.0699. The summed E-state index contributed by atoms with van der Waals surface area (Å²) in [4.78, 5) is 0. The van der Waals surface area contributed by atoms with Gasteiger partial charge in [-0.1, -0.05) is 20.8 Å². The van der Waals surface area contributed by atoms with E-state index in [0.717, 1.165) is 30.6 Å². The summed E-state index contributed by atoms with van der Waals surface area (Å²) in [6, 6.07) is 0. The molecule has 2 nitrogen and oxygen atoms in total. The normalized spacial score (nSPS) is 52.6. The van der Waals surface area contributed by atoms with Gasteiger partial charge in [0.05, 0.1) is 12.2 Å². The number of rotatable bonds is 2. The summed E-state index contributed by atoms with van der Waals surface area (Å²) in [7, 11) is 1.73. The van der Waals surface area contributed by atoms with Crippen LogP contribution >= 0.6 is 0 Å². The van der Waals surface area contributed by atoms with Crippen LogP contribution in [0.3, 0.4) is 0 Å². The minimum Gasteiger partial charge on any atom is -0.390 e. The Bertz CT molecular complexity index is 351. The third kappa shape index (κ3) is 1.82. The molecule has 0 spiro atoms. The number of aliphatic hydroxyl groups is 1. The average Bonchev–Trinajstić information content (AvgIpc) is 2.71. The first-order valence-electron chi connectivity index (χ1n) is 8.11. The lowest BCUT2D eigenvalue weighted by Crippen LogP contribution is -2.42. The molecule has 19 heavy (non-hydrogen) atoms. The van der Waals surface area contributed by atoms with Crippen molar-refractivity contribution >= 4 is 0 Å². The van der Waals surface area contributed by atoms with Crippen LogP contribution in [-0.4, -0.2) is 24.4 Å². The maximum absolute atomic E-state index is 10.3. The maximum Gasteiger partial charge on any atom is 0.0830 e. The van der Waals surface area contributed by atoms with Gasteiger partial charge >= 0.3 is 0 Å². The fourth-order valence-electron chi connectivity index (χ4n) is 5.77. The molecule has 110 valence electrons. The third-order valence-electron chi connectivity index (χ3n) is 7.53. The number of methoxy groups -OCH3 is 1. The highest BCUT2D eigenvalue weighted by Gasteiger charge is 2.62. The Balaban J connectivity index is 1.75. The monoisotopic (exact) mass is 266 g/mol. The summed E-state index contributed by atoms with van der Waals surface area (Å²) in [5, 5.41) is 10.3. The number of fused-ring (bicyclic) bond motifs is 2. The Kier molecular flexibility index (Phi) is 3.26. The summed E-state index contributed by atoms with van der Waals surface area (Å²) in [6.45, 7) is 7.50. The van der Waals surface area contributed by atoms with Gasteiger partial charge in [0.2, 0.25) is 0 Å². The third-order valence-corrected chi connectivity index (χ3v) is 7.53. The van der Waals surface area contributed by atoms with Gasteiger partial charge in [-0.2, -0.15) is 0 Å². The quantitative estimate of drug-likeness (QED) is 0.827. The first-order chi connectivity index (χ1) is 8.90. The minimum atomic E-state index is -0.241. The Labute approximate surface area is 117 Å². The maximum atomic E-state index is 10.3. The zero-order chi connectivity index (χ0) is 13.8. The number of aliphatic hydroxyl groups excluding tert-OH is 1. The van der Waals surface area contributed by atoms with Crippen LogP contribution in [0, 0.1) is 28.6 Å². The molecule has 2 heteroatoms. The molecule has 3 unspecified atom stereocenters. The van der Waals surface area contributed by atoms with Crippen LogP contribution < -0.4 is 0 Å². The van der Waals surface area contributed by atoms with Crippen LogP contribution in [0.4, 0.5) is 0 Å². The van der Waals surface area contributed by atoms with E-state index in [1.54, 1.807) is 7.11 Å². The van der Waals surface area contributed by atoms with Crippen molar-refractivity contribution in [2.75, 3.05) is 7.11 Å². The summed E-state index contributed by atoms with van der Waals surface area (Å²) >= 11 is 0. The Hall–Kier alpha value is -0.0800. The molecule has 0 radical (unpaired) electrons. The topological polar surface area (TPSA) is 29.5 Å². The standard InChI is InChI=1S/C17H30O2/c1-16(2)12-7-8-17(16,3)13(10-12)11-5-6-15(19-4)14(18)9-11/h11-15,18H,5-10H2,1-4H3/t11?,12-,13+,14?,15?,17+/m1/s1. The number of ether oxygens (including phenoxy) is 1. The van der Waals surface area contributed by atoms with E-state index in [1.165, 1.54) is 25.7 Å². The second-order valence-electron chi connectivity index (χ2n) is 8.13. The molecular weight excluding hydrogens is 236 g/mol. The van der Waals surface area contributed by atoms with Crippen LogP contribution in [0.2, 0.25) is 0 Å². The molecule has 1 N–H and O–H groups in total. The van der Waals surface area contributed by atoms with Crippen molar-refractivity contribution in [1.82, 2.24) is 0 Å². The molecule has 0 aliphatic heterocycles. The molecule has 2 bridgehead atoms. The number of hydrogen-bond acceptors (Lipinski definition) is 2. The molecule has 6 atom stereocenters. The molecule has 3 aliphatic carbocycles. The van der Waals surface area contributed by atoms with Crippen LogP contribution in [0.25, 0.3) is 0 Å². The Morgan fingerprint density at radius 3 is 2.26 bits per heavy atom.